The third-order valence-electron chi connectivity index (χ3n) is 6.18. The Labute approximate surface area is 264 Å². The zero-order chi connectivity index (χ0) is 30.1. The van der Waals surface area contributed by atoms with Crippen LogP contribution in [0.3, 0.4) is 0 Å². The number of nitrogens with zero attached hydrogens (tertiary/aromatic N) is 2. The van der Waals surface area contributed by atoms with Crippen LogP contribution in [0.5, 0.6) is 0 Å². The average molecular weight is 626 g/mol. The number of aryl methyl sites for hydroxylation is 4. The third kappa shape index (κ3) is 14.9. The Hall–Kier alpha value is -3.50. The van der Waals surface area contributed by atoms with Crippen molar-refractivity contribution in [3.8, 4) is 0 Å². The Kier molecular flexibility index (Phi) is 21.4. The van der Waals surface area contributed by atoms with Crippen molar-refractivity contribution in [3.63, 3.8) is 0 Å². The van der Waals surface area contributed by atoms with E-state index in [2.05, 4.69) is 45.4 Å². The molecule has 236 valence electrons. The number of nitrogens with one attached hydrogen (secondary N) is 6. The number of unbranched alkanes of at least 4 members (excludes halogenated alkanes) is 2. The molecule has 2 aromatic rings. The lowest BCUT2D eigenvalue weighted by Crippen LogP contribution is -2.43. The van der Waals surface area contributed by atoms with Gasteiger partial charge in [-0.15, -0.1) is 24.8 Å². The molecule has 6 N–H and O–H groups in total. The topological polar surface area (TPSA) is 134 Å². The molecule has 2 rings (SSSR count). The van der Waals surface area contributed by atoms with E-state index in [4.69, 9.17) is 5.41 Å². The first-order valence-electron chi connectivity index (χ1n) is 13.8. The molecule has 0 spiro atoms. The summed E-state index contributed by atoms with van der Waals surface area (Å²) < 4.78 is 0. The summed E-state index contributed by atoms with van der Waals surface area (Å²) in [5, 5.41) is 21.9. The number of carbonyl (C=O) groups excluding carboxylic acids is 2. The van der Waals surface area contributed by atoms with Gasteiger partial charge in [0.15, 0.2) is 11.9 Å². The fourth-order valence-electron chi connectivity index (χ4n) is 3.69. The Bertz CT molecular complexity index is 1120. The lowest BCUT2D eigenvalue weighted by Gasteiger charge is -2.20. The minimum absolute atomic E-state index is 0. The highest BCUT2D eigenvalue weighted by Crippen LogP contribution is 2.19. The first-order valence-corrected chi connectivity index (χ1v) is 13.8. The van der Waals surface area contributed by atoms with Crippen LogP contribution < -0.4 is 26.6 Å². The quantitative estimate of drug-likeness (QED) is 0.110. The van der Waals surface area contributed by atoms with Crippen molar-refractivity contribution in [2.24, 2.45) is 4.99 Å². The molecule has 0 aliphatic heterocycles. The molecule has 0 atom stereocenters. The monoisotopic (exact) mass is 624 g/mol. The molecule has 0 saturated heterocycles. The van der Waals surface area contributed by atoms with Gasteiger partial charge in [0, 0.05) is 38.6 Å². The summed E-state index contributed by atoms with van der Waals surface area (Å²) in [6.07, 6.45) is 4.20. The first-order chi connectivity index (χ1) is 19.0. The molecule has 42 heavy (non-hydrogen) atoms. The summed E-state index contributed by atoms with van der Waals surface area (Å²) in [5.41, 5.74) is 5.73. The number of carbonyl (C=O) groups is 2. The Morgan fingerprint density at radius 1 is 0.786 bits per heavy atom. The molecule has 0 aliphatic carbocycles. The summed E-state index contributed by atoms with van der Waals surface area (Å²) in [4.78, 5) is 29.6. The van der Waals surface area contributed by atoms with Gasteiger partial charge in [0.1, 0.15) is 0 Å². The van der Waals surface area contributed by atoms with Gasteiger partial charge >= 0.3 is 12.1 Å². The minimum Gasteiger partial charge on any atom is -0.356 e. The van der Waals surface area contributed by atoms with Crippen molar-refractivity contribution in [1.82, 2.24) is 20.9 Å². The van der Waals surface area contributed by atoms with Crippen molar-refractivity contribution in [3.05, 3.63) is 58.7 Å². The molecule has 0 bridgehead atoms. The van der Waals surface area contributed by atoms with E-state index in [-0.39, 0.29) is 42.8 Å². The zero-order valence-corrected chi connectivity index (χ0v) is 27.9. The van der Waals surface area contributed by atoms with Gasteiger partial charge in [0.2, 0.25) is 0 Å². The summed E-state index contributed by atoms with van der Waals surface area (Å²) in [6.45, 7) is 13.6. The standard InChI is InChI=1S/2C15H24N4O.2ClH/c1-5-6-10-19(4)14(16)18-15(20)17-13-11(2)8-7-9-12(13)3;1-5-6-10-17-14(16-4)19-15(20)18-13-11(2)8-7-9-12(13)3;;/h7-9H,5-6,10H2,1-4H3,(H3,16,17,18,20);7-9H,5-6,10H2,1-4H3,(H3,16,17,18,19,20);2*1H. The lowest BCUT2D eigenvalue weighted by atomic mass is 10.1. The van der Waals surface area contributed by atoms with Gasteiger partial charge in [0.05, 0.1) is 0 Å². The van der Waals surface area contributed by atoms with Crippen molar-refractivity contribution in [2.75, 3.05) is 37.8 Å². The summed E-state index contributed by atoms with van der Waals surface area (Å²) in [7, 11) is 3.45. The number of aliphatic imine (C=N–C) groups is 1. The first kappa shape index (κ1) is 40.6. The lowest BCUT2D eigenvalue weighted by molar-refractivity contribution is 0.254. The fraction of sp³-hybridized carbons (Fsp3) is 0.467. The van der Waals surface area contributed by atoms with Crippen LogP contribution in [-0.2, 0) is 0 Å². The highest BCUT2D eigenvalue weighted by atomic mass is 35.5. The normalized spacial score (nSPS) is 10.0. The molecule has 10 nitrogen and oxygen atoms in total. The largest absolute Gasteiger partial charge is 0.356 e. The molecule has 0 aliphatic rings. The molecule has 0 unspecified atom stereocenters. The van der Waals surface area contributed by atoms with E-state index in [0.717, 1.165) is 72.4 Å². The predicted octanol–water partition coefficient (Wildman–Crippen LogP) is 6.74. The minimum atomic E-state index is -0.379. The molecule has 0 radical (unpaired) electrons. The Morgan fingerprint density at radius 2 is 1.21 bits per heavy atom. The predicted molar refractivity (Wildman–Crippen MR) is 182 cm³/mol. The fourth-order valence-corrected chi connectivity index (χ4v) is 3.69. The molecule has 0 aromatic heterocycles. The van der Waals surface area contributed by atoms with Crippen molar-refractivity contribution >= 4 is 60.2 Å². The average Bonchev–Trinajstić information content (AvgIpc) is 2.91. The highest BCUT2D eigenvalue weighted by molar-refractivity contribution is 6.03. The maximum Gasteiger partial charge on any atom is 0.326 e. The number of urea groups is 2. The molecular formula is C30H50Cl2N8O2. The number of guanidine groups is 2. The van der Waals surface area contributed by atoms with E-state index in [1.807, 2.05) is 64.1 Å². The summed E-state index contributed by atoms with van der Waals surface area (Å²) in [5.74, 6) is 0.601. The van der Waals surface area contributed by atoms with Crippen molar-refractivity contribution in [2.45, 2.75) is 67.2 Å². The van der Waals surface area contributed by atoms with Crippen LogP contribution in [0, 0.1) is 33.1 Å². The second kappa shape index (κ2) is 22.1. The van der Waals surface area contributed by atoms with Crippen LogP contribution in [0.1, 0.15) is 61.8 Å². The SMILES string of the molecule is CCCCN(C)C(=N)NC(=O)Nc1c(C)cccc1C.CCCCNC(=NC)NC(=O)Nc1c(C)cccc1C.Cl.Cl. The third-order valence-corrected chi connectivity index (χ3v) is 6.18. The number of rotatable bonds is 8. The Balaban J connectivity index is 0. The van der Waals surface area contributed by atoms with E-state index in [0.29, 0.717) is 5.96 Å². The number of halogens is 2. The maximum absolute atomic E-state index is 12.0. The smallest absolute Gasteiger partial charge is 0.326 e. The van der Waals surface area contributed by atoms with E-state index < -0.39 is 0 Å². The second-order valence-electron chi connectivity index (χ2n) is 9.67. The molecular weight excluding hydrogens is 575 g/mol. The molecule has 0 heterocycles. The molecule has 0 fully saturated rings. The van der Waals surface area contributed by atoms with Gasteiger partial charge in [-0.3, -0.25) is 21.0 Å². The molecule has 4 amide bonds. The van der Waals surface area contributed by atoms with Crippen LogP contribution in [0.15, 0.2) is 41.4 Å². The Morgan fingerprint density at radius 3 is 1.62 bits per heavy atom. The van der Waals surface area contributed by atoms with E-state index in [1.54, 1.807) is 19.0 Å². The van der Waals surface area contributed by atoms with Crippen LogP contribution in [0.4, 0.5) is 21.0 Å². The van der Waals surface area contributed by atoms with Crippen LogP contribution in [0.2, 0.25) is 0 Å². The van der Waals surface area contributed by atoms with Gasteiger partial charge in [-0.1, -0.05) is 63.1 Å². The molecule has 2 aromatic carbocycles. The summed E-state index contributed by atoms with van der Waals surface area (Å²) in [6, 6.07) is 11.1. The van der Waals surface area contributed by atoms with Gasteiger partial charge in [-0.2, -0.15) is 0 Å². The van der Waals surface area contributed by atoms with Crippen LogP contribution in [0.25, 0.3) is 0 Å². The summed E-state index contributed by atoms with van der Waals surface area (Å²) >= 11 is 0. The highest BCUT2D eigenvalue weighted by Gasteiger charge is 2.11. The molecule has 0 saturated carbocycles. The van der Waals surface area contributed by atoms with Crippen LogP contribution >= 0.6 is 24.8 Å². The van der Waals surface area contributed by atoms with E-state index in [1.165, 1.54) is 0 Å². The zero-order valence-electron chi connectivity index (χ0n) is 26.2. The number of hydrogen-bond acceptors (Lipinski definition) is 4. The maximum atomic E-state index is 12.0. The van der Waals surface area contributed by atoms with E-state index in [9.17, 15) is 9.59 Å². The van der Waals surface area contributed by atoms with Crippen molar-refractivity contribution < 1.29 is 9.59 Å². The number of para-hydroxylation sites is 2. The second-order valence-corrected chi connectivity index (χ2v) is 9.67. The van der Waals surface area contributed by atoms with Crippen molar-refractivity contribution in [1.29, 1.82) is 5.41 Å². The number of hydrogen-bond donors (Lipinski definition) is 6. The van der Waals surface area contributed by atoms with Gasteiger partial charge in [-0.05, 0) is 62.8 Å². The van der Waals surface area contributed by atoms with Gasteiger partial charge in [0.25, 0.3) is 0 Å². The number of amides is 4. The van der Waals surface area contributed by atoms with Gasteiger partial charge in [-0.25, -0.2) is 9.59 Å². The van der Waals surface area contributed by atoms with E-state index >= 15 is 0 Å². The van der Waals surface area contributed by atoms with Crippen LogP contribution in [-0.4, -0.2) is 56.1 Å². The number of anilines is 2. The number of benzene rings is 2. The van der Waals surface area contributed by atoms with Gasteiger partial charge < -0.3 is 20.9 Å². The molecule has 12 heteroatoms.